The number of carboxylic acid groups (broad SMARTS) is 1. The second kappa shape index (κ2) is 6.50. The minimum absolute atomic E-state index is 0.00482. The number of halogens is 1. The maximum atomic E-state index is 13.3. The van der Waals surface area contributed by atoms with Crippen LogP contribution in [0.2, 0.25) is 0 Å². The Hall–Kier alpha value is -1.42. The van der Waals surface area contributed by atoms with E-state index in [4.69, 9.17) is 5.11 Å². The van der Waals surface area contributed by atoms with Gasteiger partial charge >= 0.3 is 5.97 Å². The highest BCUT2D eigenvalue weighted by Gasteiger charge is 2.13. The number of hydrogen-bond donors (Lipinski definition) is 1. The van der Waals surface area contributed by atoms with Crippen molar-refractivity contribution in [1.29, 1.82) is 0 Å². The number of hydrogen-bond acceptors (Lipinski definition) is 2. The molecule has 1 atom stereocenters. The van der Waals surface area contributed by atoms with E-state index in [2.05, 4.69) is 18.7 Å². The highest BCUT2D eigenvalue weighted by molar-refractivity contribution is 5.87. The fourth-order valence-corrected chi connectivity index (χ4v) is 1.94. The van der Waals surface area contributed by atoms with Crippen molar-refractivity contribution >= 4 is 5.97 Å². The average Bonchev–Trinajstić information content (AvgIpc) is 2.34. The lowest BCUT2D eigenvalue weighted by Crippen LogP contribution is -2.31. The van der Waals surface area contributed by atoms with Crippen LogP contribution in [0, 0.1) is 5.82 Å². The normalized spacial score (nSPS) is 12.7. The van der Waals surface area contributed by atoms with Gasteiger partial charge in [-0.15, -0.1) is 0 Å². The van der Waals surface area contributed by atoms with Crippen molar-refractivity contribution in [3.05, 3.63) is 35.1 Å². The van der Waals surface area contributed by atoms with E-state index in [1.807, 2.05) is 6.92 Å². The van der Waals surface area contributed by atoms with Gasteiger partial charge < -0.3 is 5.11 Å². The Morgan fingerprint density at radius 1 is 1.39 bits per heavy atom. The Morgan fingerprint density at radius 3 is 2.56 bits per heavy atom. The Bertz CT molecular complexity index is 420. The molecule has 0 radical (unpaired) electrons. The third-order valence-corrected chi connectivity index (χ3v) is 3.21. The van der Waals surface area contributed by atoms with E-state index in [1.165, 1.54) is 12.1 Å². The summed E-state index contributed by atoms with van der Waals surface area (Å²) in [6.07, 6.45) is 1.01. The van der Waals surface area contributed by atoms with Gasteiger partial charge in [0.15, 0.2) is 0 Å². The van der Waals surface area contributed by atoms with Crippen LogP contribution in [0.25, 0.3) is 0 Å². The second-order valence-corrected chi connectivity index (χ2v) is 4.47. The number of aromatic carboxylic acids is 1. The summed E-state index contributed by atoms with van der Waals surface area (Å²) in [5.74, 6) is -1.59. The van der Waals surface area contributed by atoms with Crippen LogP contribution >= 0.6 is 0 Å². The lowest BCUT2D eigenvalue weighted by molar-refractivity contribution is 0.0696. The molecule has 3 nitrogen and oxygen atoms in total. The molecule has 0 aliphatic heterocycles. The molecule has 0 saturated heterocycles. The summed E-state index contributed by atoms with van der Waals surface area (Å²) in [5, 5.41) is 8.90. The van der Waals surface area contributed by atoms with Crippen molar-refractivity contribution in [1.82, 2.24) is 4.90 Å². The molecule has 0 aliphatic carbocycles. The van der Waals surface area contributed by atoms with Gasteiger partial charge in [-0.1, -0.05) is 13.8 Å². The molecule has 0 fully saturated rings. The molecule has 0 aliphatic rings. The van der Waals surface area contributed by atoms with Crippen LogP contribution in [-0.2, 0) is 6.54 Å². The van der Waals surface area contributed by atoms with Gasteiger partial charge in [0, 0.05) is 12.6 Å². The minimum atomic E-state index is -1.10. The first-order valence-corrected chi connectivity index (χ1v) is 6.24. The summed E-state index contributed by atoms with van der Waals surface area (Å²) in [6, 6.07) is 4.38. The summed E-state index contributed by atoms with van der Waals surface area (Å²) in [7, 11) is 0. The Kier molecular flexibility index (Phi) is 5.28. The SMILES string of the molecule is CCC(C)N(CC)Cc1cc(F)cc(C(=O)O)c1. The molecule has 0 amide bonds. The maximum Gasteiger partial charge on any atom is 0.335 e. The summed E-state index contributed by atoms with van der Waals surface area (Å²) >= 11 is 0. The van der Waals surface area contributed by atoms with Crippen molar-refractivity contribution in [2.45, 2.75) is 39.8 Å². The van der Waals surface area contributed by atoms with Crippen molar-refractivity contribution in [3.8, 4) is 0 Å². The van der Waals surface area contributed by atoms with Crippen LogP contribution in [0.5, 0.6) is 0 Å². The molecule has 1 rings (SSSR count). The van der Waals surface area contributed by atoms with E-state index in [1.54, 1.807) is 0 Å². The van der Waals surface area contributed by atoms with Gasteiger partial charge in [0.25, 0.3) is 0 Å². The summed E-state index contributed by atoms with van der Waals surface area (Å²) in [5.41, 5.74) is 0.708. The van der Waals surface area contributed by atoms with Gasteiger partial charge in [0.05, 0.1) is 5.56 Å². The molecular formula is C14H20FNO2. The van der Waals surface area contributed by atoms with E-state index < -0.39 is 11.8 Å². The quantitative estimate of drug-likeness (QED) is 0.846. The second-order valence-electron chi connectivity index (χ2n) is 4.47. The standard InChI is InChI=1S/C14H20FNO2/c1-4-10(3)16(5-2)9-11-6-12(14(17)18)8-13(15)7-11/h6-8,10H,4-5,9H2,1-3H3,(H,17,18). The number of carbonyl (C=O) groups is 1. The average molecular weight is 253 g/mol. The van der Waals surface area contributed by atoms with E-state index in [-0.39, 0.29) is 5.56 Å². The molecule has 1 unspecified atom stereocenters. The van der Waals surface area contributed by atoms with Crippen molar-refractivity contribution in [2.75, 3.05) is 6.54 Å². The van der Waals surface area contributed by atoms with Gasteiger partial charge in [0.1, 0.15) is 5.82 Å². The largest absolute Gasteiger partial charge is 0.478 e. The smallest absolute Gasteiger partial charge is 0.335 e. The molecule has 0 spiro atoms. The summed E-state index contributed by atoms with van der Waals surface area (Å²) < 4.78 is 13.3. The number of benzene rings is 1. The zero-order valence-electron chi connectivity index (χ0n) is 11.1. The molecule has 100 valence electrons. The predicted octanol–water partition coefficient (Wildman–Crippen LogP) is 3.14. The number of rotatable bonds is 6. The van der Waals surface area contributed by atoms with Crippen LogP contribution in [0.3, 0.4) is 0 Å². The first kappa shape index (κ1) is 14.6. The first-order valence-electron chi connectivity index (χ1n) is 6.24. The van der Waals surface area contributed by atoms with Crippen LogP contribution in [0.4, 0.5) is 4.39 Å². The zero-order valence-corrected chi connectivity index (χ0v) is 11.1. The monoisotopic (exact) mass is 253 g/mol. The molecule has 0 heterocycles. The third-order valence-electron chi connectivity index (χ3n) is 3.21. The fourth-order valence-electron chi connectivity index (χ4n) is 1.94. The molecule has 18 heavy (non-hydrogen) atoms. The van der Waals surface area contributed by atoms with Gasteiger partial charge in [-0.05, 0) is 43.7 Å². The Morgan fingerprint density at radius 2 is 2.06 bits per heavy atom. The predicted molar refractivity (Wildman–Crippen MR) is 69.2 cm³/mol. The van der Waals surface area contributed by atoms with E-state index in [0.717, 1.165) is 19.0 Å². The first-order chi connectivity index (χ1) is 8.47. The molecular weight excluding hydrogens is 233 g/mol. The highest BCUT2D eigenvalue weighted by Crippen LogP contribution is 2.14. The molecule has 4 heteroatoms. The fraction of sp³-hybridized carbons (Fsp3) is 0.500. The Labute approximate surface area is 107 Å². The van der Waals surface area contributed by atoms with Crippen LogP contribution < -0.4 is 0 Å². The molecule has 0 saturated carbocycles. The summed E-state index contributed by atoms with van der Waals surface area (Å²) in [4.78, 5) is 13.1. The molecule has 1 N–H and O–H groups in total. The number of carboxylic acids is 1. The van der Waals surface area contributed by atoms with Crippen molar-refractivity contribution < 1.29 is 14.3 Å². The maximum absolute atomic E-state index is 13.3. The molecule has 0 bridgehead atoms. The minimum Gasteiger partial charge on any atom is -0.478 e. The molecule has 0 aromatic heterocycles. The molecule has 1 aromatic rings. The van der Waals surface area contributed by atoms with Crippen LogP contribution in [0.15, 0.2) is 18.2 Å². The van der Waals surface area contributed by atoms with Gasteiger partial charge in [-0.3, -0.25) is 4.90 Å². The molecule has 1 aromatic carbocycles. The Balaban J connectivity index is 2.92. The van der Waals surface area contributed by atoms with E-state index in [0.29, 0.717) is 18.2 Å². The van der Waals surface area contributed by atoms with Crippen LogP contribution in [-0.4, -0.2) is 28.6 Å². The van der Waals surface area contributed by atoms with Gasteiger partial charge in [-0.25, -0.2) is 9.18 Å². The van der Waals surface area contributed by atoms with Crippen molar-refractivity contribution in [2.24, 2.45) is 0 Å². The zero-order chi connectivity index (χ0) is 13.7. The number of nitrogens with zero attached hydrogens (tertiary/aromatic N) is 1. The summed E-state index contributed by atoms with van der Waals surface area (Å²) in [6.45, 7) is 7.68. The van der Waals surface area contributed by atoms with Gasteiger partial charge in [-0.2, -0.15) is 0 Å². The van der Waals surface area contributed by atoms with Gasteiger partial charge in [0.2, 0.25) is 0 Å². The topological polar surface area (TPSA) is 40.5 Å². The van der Waals surface area contributed by atoms with Crippen LogP contribution in [0.1, 0.15) is 43.1 Å². The van der Waals surface area contributed by atoms with E-state index >= 15 is 0 Å². The lowest BCUT2D eigenvalue weighted by atomic mass is 10.1. The lowest BCUT2D eigenvalue weighted by Gasteiger charge is -2.27. The van der Waals surface area contributed by atoms with Crippen molar-refractivity contribution in [3.63, 3.8) is 0 Å². The van der Waals surface area contributed by atoms with E-state index in [9.17, 15) is 9.18 Å². The third kappa shape index (κ3) is 3.81. The highest BCUT2D eigenvalue weighted by atomic mass is 19.1.